The van der Waals surface area contributed by atoms with E-state index in [-0.39, 0.29) is 24.2 Å². The van der Waals surface area contributed by atoms with Crippen molar-refractivity contribution in [2.45, 2.75) is 39.3 Å². The highest BCUT2D eigenvalue weighted by Crippen LogP contribution is 2.36. The van der Waals surface area contributed by atoms with Crippen molar-refractivity contribution in [2.75, 3.05) is 5.32 Å². The first kappa shape index (κ1) is 17.2. The smallest absolute Gasteiger partial charge is 0.324 e. The summed E-state index contributed by atoms with van der Waals surface area (Å²) in [5.74, 6) is 0.291. The molecule has 2 aromatic heterocycles. The van der Waals surface area contributed by atoms with Gasteiger partial charge in [-0.1, -0.05) is 12.1 Å². The van der Waals surface area contributed by atoms with Gasteiger partial charge in [-0.15, -0.1) is 5.10 Å². The van der Waals surface area contributed by atoms with Gasteiger partial charge in [-0.25, -0.2) is 9.48 Å². The molecular weight excluding hydrogens is 342 g/mol. The van der Waals surface area contributed by atoms with Gasteiger partial charge < -0.3 is 5.32 Å². The van der Waals surface area contributed by atoms with Crippen LogP contribution in [0.2, 0.25) is 0 Å². The molecule has 0 unspecified atom stereocenters. The van der Waals surface area contributed by atoms with Crippen LogP contribution in [0, 0.1) is 13.8 Å². The Morgan fingerprint density at radius 2 is 2.07 bits per heavy atom. The predicted octanol–water partition coefficient (Wildman–Crippen LogP) is 2.70. The molecule has 1 saturated carbocycles. The van der Waals surface area contributed by atoms with Crippen LogP contribution in [-0.4, -0.2) is 25.2 Å². The van der Waals surface area contributed by atoms with Crippen molar-refractivity contribution in [1.29, 1.82) is 0 Å². The second kappa shape index (κ2) is 6.83. The summed E-state index contributed by atoms with van der Waals surface area (Å²) in [5, 5.41) is 7.31. The van der Waals surface area contributed by atoms with Gasteiger partial charge in [0.05, 0.1) is 0 Å². The second-order valence-electron chi connectivity index (χ2n) is 6.97. The zero-order chi connectivity index (χ0) is 19.0. The molecule has 0 spiro atoms. The Balaban J connectivity index is 1.62. The number of nitrogens with zero attached hydrogens (tertiary/aromatic N) is 4. The van der Waals surface area contributed by atoms with E-state index in [1.165, 1.54) is 4.68 Å². The van der Waals surface area contributed by atoms with E-state index >= 15 is 0 Å². The molecule has 7 heteroatoms. The fourth-order valence-electron chi connectivity index (χ4n) is 3.07. The van der Waals surface area contributed by atoms with Crippen molar-refractivity contribution in [3.63, 3.8) is 0 Å². The van der Waals surface area contributed by atoms with Gasteiger partial charge in [0.1, 0.15) is 6.54 Å². The van der Waals surface area contributed by atoms with Crippen molar-refractivity contribution >= 4 is 11.6 Å². The summed E-state index contributed by atoms with van der Waals surface area (Å²) in [6.07, 6.45) is 5.26. The van der Waals surface area contributed by atoms with Crippen LogP contribution in [0.1, 0.15) is 30.0 Å². The van der Waals surface area contributed by atoms with Gasteiger partial charge in [0.2, 0.25) is 5.91 Å². The zero-order valence-electron chi connectivity index (χ0n) is 15.3. The van der Waals surface area contributed by atoms with E-state index in [0.29, 0.717) is 5.82 Å². The molecule has 0 bridgehead atoms. The lowest BCUT2D eigenvalue weighted by atomic mass is 10.1. The molecular formula is C20H21N5O2. The summed E-state index contributed by atoms with van der Waals surface area (Å²) < 4.78 is 2.92. The summed E-state index contributed by atoms with van der Waals surface area (Å²) in [4.78, 5) is 29.4. The van der Waals surface area contributed by atoms with E-state index in [9.17, 15) is 9.59 Å². The molecule has 0 atom stereocenters. The minimum absolute atomic E-state index is 0.126. The summed E-state index contributed by atoms with van der Waals surface area (Å²) in [7, 11) is 0. The van der Waals surface area contributed by atoms with E-state index in [0.717, 1.165) is 35.2 Å². The number of rotatable bonds is 5. The lowest BCUT2D eigenvalue weighted by Gasteiger charge is -2.09. The van der Waals surface area contributed by atoms with Crippen LogP contribution in [-0.2, 0) is 11.3 Å². The Morgan fingerprint density at radius 3 is 2.78 bits per heavy atom. The summed E-state index contributed by atoms with van der Waals surface area (Å²) in [6, 6.07) is 9.70. The number of hydrogen-bond acceptors (Lipinski definition) is 4. The molecule has 1 amide bonds. The first-order valence-corrected chi connectivity index (χ1v) is 9.00. The number of pyridine rings is 1. The third-order valence-electron chi connectivity index (χ3n) is 4.66. The zero-order valence-corrected chi connectivity index (χ0v) is 15.3. The molecule has 4 rings (SSSR count). The number of aryl methyl sites for hydroxylation is 2. The summed E-state index contributed by atoms with van der Waals surface area (Å²) in [5.41, 5.74) is 3.30. The number of carbonyl (C=O) groups is 1. The number of nitrogens with one attached hydrogen (secondary N) is 1. The first-order chi connectivity index (χ1) is 13.0. The van der Waals surface area contributed by atoms with Crippen molar-refractivity contribution < 1.29 is 4.79 Å². The van der Waals surface area contributed by atoms with Crippen molar-refractivity contribution in [2.24, 2.45) is 0 Å². The Labute approximate surface area is 156 Å². The second-order valence-corrected chi connectivity index (χ2v) is 6.97. The third kappa shape index (κ3) is 3.53. The maximum absolute atomic E-state index is 12.8. The number of aromatic nitrogens is 4. The van der Waals surface area contributed by atoms with Crippen LogP contribution in [0.3, 0.4) is 0 Å². The molecule has 1 aromatic carbocycles. The minimum atomic E-state index is -0.274. The predicted molar refractivity (Wildman–Crippen MR) is 103 cm³/mol. The van der Waals surface area contributed by atoms with Gasteiger partial charge in [0, 0.05) is 29.7 Å². The van der Waals surface area contributed by atoms with Gasteiger partial charge >= 0.3 is 5.69 Å². The molecule has 1 fully saturated rings. The van der Waals surface area contributed by atoms with Crippen LogP contribution < -0.4 is 11.0 Å². The number of benzene rings is 1. The minimum Gasteiger partial charge on any atom is -0.324 e. The fourth-order valence-corrected chi connectivity index (χ4v) is 3.07. The topological polar surface area (TPSA) is 81.8 Å². The molecule has 0 radical (unpaired) electrons. The molecule has 0 saturated heterocycles. The molecule has 0 aliphatic heterocycles. The highest BCUT2D eigenvalue weighted by atomic mass is 16.2. The van der Waals surface area contributed by atoms with Gasteiger partial charge in [-0.3, -0.25) is 14.3 Å². The highest BCUT2D eigenvalue weighted by Gasteiger charge is 2.30. The number of anilines is 1. The molecule has 1 N–H and O–H groups in total. The van der Waals surface area contributed by atoms with Crippen LogP contribution in [0.5, 0.6) is 0 Å². The Kier molecular flexibility index (Phi) is 4.35. The SMILES string of the molecule is Cc1ccc(C)c(NC(=O)Cn2nc(-c3cccnc3)n(C3CC3)c2=O)c1. The van der Waals surface area contributed by atoms with E-state index in [2.05, 4.69) is 15.4 Å². The molecule has 1 aliphatic rings. The molecule has 27 heavy (non-hydrogen) atoms. The summed E-state index contributed by atoms with van der Waals surface area (Å²) >= 11 is 0. The highest BCUT2D eigenvalue weighted by molar-refractivity contribution is 5.91. The standard InChI is InChI=1S/C20H21N5O2/c1-13-5-6-14(2)17(10-13)22-18(26)12-24-20(27)25(16-7-8-16)19(23-24)15-4-3-9-21-11-15/h3-6,9-11,16H,7-8,12H2,1-2H3,(H,22,26). The monoisotopic (exact) mass is 363 g/mol. The van der Waals surface area contributed by atoms with Gasteiger partial charge in [0.15, 0.2) is 5.82 Å². The number of carbonyl (C=O) groups excluding carboxylic acids is 1. The lowest BCUT2D eigenvalue weighted by molar-refractivity contribution is -0.117. The third-order valence-corrected chi connectivity index (χ3v) is 4.66. The lowest BCUT2D eigenvalue weighted by Crippen LogP contribution is -2.30. The molecule has 1 aliphatic carbocycles. The van der Waals surface area contributed by atoms with Crippen LogP contribution in [0.25, 0.3) is 11.4 Å². The van der Waals surface area contributed by atoms with E-state index in [4.69, 9.17) is 0 Å². The maximum atomic E-state index is 12.8. The number of hydrogen-bond donors (Lipinski definition) is 1. The molecule has 138 valence electrons. The quantitative estimate of drug-likeness (QED) is 0.756. The molecule has 2 heterocycles. The van der Waals surface area contributed by atoms with Crippen molar-refractivity contribution in [3.05, 3.63) is 64.3 Å². The summed E-state index contributed by atoms with van der Waals surface area (Å²) in [6.45, 7) is 3.78. The molecule has 3 aromatic rings. The first-order valence-electron chi connectivity index (χ1n) is 9.00. The van der Waals surface area contributed by atoms with E-state index in [1.807, 2.05) is 44.2 Å². The van der Waals surface area contributed by atoms with Gasteiger partial charge in [0.25, 0.3) is 0 Å². The Bertz CT molecular complexity index is 1050. The molecule has 7 nitrogen and oxygen atoms in total. The largest absolute Gasteiger partial charge is 0.346 e. The van der Waals surface area contributed by atoms with Crippen LogP contribution in [0.4, 0.5) is 5.69 Å². The Morgan fingerprint density at radius 1 is 1.26 bits per heavy atom. The number of amides is 1. The van der Waals surface area contributed by atoms with Crippen molar-refractivity contribution in [1.82, 2.24) is 19.3 Å². The van der Waals surface area contributed by atoms with E-state index in [1.54, 1.807) is 17.0 Å². The normalized spacial score (nSPS) is 13.6. The average molecular weight is 363 g/mol. The average Bonchev–Trinajstić information content (AvgIpc) is 3.44. The maximum Gasteiger partial charge on any atom is 0.346 e. The van der Waals surface area contributed by atoms with Gasteiger partial charge in [-0.05, 0) is 56.0 Å². The van der Waals surface area contributed by atoms with E-state index < -0.39 is 0 Å². The fraction of sp³-hybridized carbons (Fsp3) is 0.300. The van der Waals surface area contributed by atoms with Gasteiger partial charge in [-0.2, -0.15) is 0 Å². The Hall–Kier alpha value is -3.22. The van der Waals surface area contributed by atoms with Crippen LogP contribution in [0.15, 0.2) is 47.5 Å². The van der Waals surface area contributed by atoms with Crippen molar-refractivity contribution in [3.8, 4) is 11.4 Å². The van der Waals surface area contributed by atoms with Crippen LogP contribution >= 0.6 is 0 Å².